The molecule has 0 aromatic carbocycles. The third-order valence-electron chi connectivity index (χ3n) is 5.62. The van der Waals surface area contributed by atoms with Crippen LogP contribution in [-0.2, 0) is 4.79 Å². The lowest BCUT2D eigenvalue weighted by molar-refractivity contribution is -0.127. The van der Waals surface area contributed by atoms with Crippen molar-refractivity contribution in [1.29, 1.82) is 5.26 Å². The van der Waals surface area contributed by atoms with Crippen LogP contribution in [-0.4, -0.2) is 56.9 Å². The molecular formula is C23H27ClN8OS. The number of allylic oxidation sites excluding steroid dienone is 2. The summed E-state index contributed by atoms with van der Waals surface area (Å²) < 4.78 is 0. The summed E-state index contributed by atoms with van der Waals surface area (Å²) >= 11 is 8.01. The number of carbonyl (C=O) groups is 1. The molecule has 1 aliphatic carbocycles. The highest BCUT2D eigenvalue weighted by atomic mass is 35.5. The maximum Gasteiger partial charge on any atom is 0.264 e. The van der Waals surface area contributed by atoms with Crippen LogP contribution in [0.4, 0.5) is 5.95 Å². The molecule has 2 aliphatic rings. The molecule has 9 nitrogen and oxygen atoms in total. The minimum Gasteiger partial charge on any atom is -0.403 e. The van der Waals surface area contributed by atoms with Gasteiger partial charge < -0.3 is 20.9 Å². The topological polar surface area (TPSA) is 136 Å². The van der Waals surface area contributed by atoms with Gasteiger partial charge in [0.1, 0.15) is 22.3 Å². The number of aromatic amines is 1. The van der Waals surface area contributed by atoms with E-state index in [2.05, 4.69) is 26.3 Å². The van der Waals surface area contributed by atoms with Crippen molar-refractivity contribution in [3.05, 3.63) is 34.8 Å². The monoisotopic (exact) mass is 498 g/mol. The summed E-state index contributed by atoms with van der Waals surface area (Å²) in [5.41, 5.74) is 7.15. The number of carbonyl (C=O) groups excluding carboxylic acids is 1. The Morgan fingerprint density at radius 1 is 1.47 bits per heavy atom. The molecule has 2 aromatic rings. The van der Waals surface area contributed by atoms with Crippen molar-refractivity contribution in [2.45, 2.75) is 42.9 Å². The van der Waals surface area contributed by atoms with Gasteiger partial charge in [0.25, 0.3) is 5.91 Å². The fraction of sp³-hybridized carbons (Fsp3) is 0.435. The van der Waals surface area contributed by atoms with Crippen molar-refractivity contribution in [3.8, 4) is 6.07 Å². The number of aromatic nitrogens is 3. The molecule has 4 rings (SSSR count). The second-order valence-corrected chi connectivity index (χ2v) is 9.95. The molecule has 1 saturated heterocycles. The number of thioether (sulfide) groups is 1. The summed E-state index contributed by atoms with van der Waals surface area (Å²) in [4.78, 5) is 31.2. The van der Waals surface area contributed by atoms with Crippen LogP contribution in [0.5, 0.6) is 0 Å². The molecule has 4 N–H and O–H groups in total. The number of nitrogens with zero attached hydrogens (tertiary/aromatic N) is 5. The number of anilines is 1. The Morgan fingerprint density at radius 3 is 3.00 bits per heavy atom. The van der Waals surface area contributed by atoms with Gasteiger partial charge in [-0.15, -0.1) is 11.8 Å². The molecule has 0 bridgehead atoms. The van der Waals surface area contributed by atoms with E-state index < -0.39 is 0 Å². The van der Waals surface area contributed by atoms with E-state index in [0.29, 0.717) is 47.9 Å². The largest absolute Gasteiger partial charge is 0.403 e. The number of aliphatic imine (C=N–C) groups is 1. The van der Waals surface area contributed by atoms with Crippen LogP contribution in [0.25, 0.3) is 11.0 Å². The minimum atomic E-state index is -0.178. The Labute approximate surface area is 207 Å². The van der Waals surface area contributed by atoms with Gasteiger partial charge in [0.15, 0.2) is 0 Å². The van der Waals surface area contributed by atoms with Gasteiger partial charge >= 0.3 is 0 Å². The predicted octanol–water partition coefficient (Wildman–Crippen LogP) is 3.86. The summed E-state index contributed by atoms with van der Waals surface area (Å²) in [7, 11) is 0. The fourth-order valence-electron chi connectivity index (χ4n) is 3.74. The average Bonchev–Trinajstić information content (AvgIpc) is 3.60. The van der Waals surface area contributed by atoms with E-state index in [1.165, 1.54) is 6.20 Å². The third kappa shape index (κ3) is 5.72. The quantitative estimate of drug-likeness (QED) is 0.217. The van der Waals surface area contributed by atoms with E-state index >= 15 is 0 Å². The van der Waals surface area contributed by atoms with Gasteiger partial charge in [-0.1, -0.05) is 17.7 Å². The van der Waals surface area contributed by atoms with Crippen LogP contribution in [0.1, 0.15) is 32.6 Å². The molecule has 2 fully saturated rings. The number of rotatable bonds is 8. The van der Waals surface area contributed by atoms with E-state index in [9.17, 15) is 10.1 Å². The number of fused-ring (bicyclic) bond motifs is 1. The summed E-state index contributed by atoms with van der Waals surface area (Å²) in [6.07, 6.45) is 10.5. The molecule has 1 amide bonds. The lowest BCUT2D eigenvalue weighted by Gasteiger charge is -2.32. The summed E-state index contributed by atoms with van der Waals surface area (Å²) in [6.45, 7) is 3.76. The number of nitrogens with one attached hydrogen (secondary N) is 2. The summed E-state index contributed by atoms with van der Waals surface area (Å²) in [5, 5.41) is 14.7. The normalized spacial score (nSPS) is 19.6. The van der Waals surface area contributed by atoms with Crippen LogP contribution in [0, 0.1) is 17.2 Å². The van der Waals surface area contributed by atoms with Gasteiger partial charge in [-0.3, -0.25) is 9.79 Å². The highest BCUT2D eigenvalue weighted by Gasteiger charge is 2.29. The highest BCUT2D eigenvalue weighted by molar-refractivity contribution is 8.00. The number of likely N-dealkylation sites (tertiary alicyclic amines) is 1. The zero-order valence-electron chi connectivity index (χ0n) is 18.9. The van der Waals surface area contributed by atoms with Crippen LogP contribution >= 0.6 is 23.4 Å². The van der Waals surface area contributed by atoms with Crippen LogP contribution in [0.15, 0.2) is 39.8 Å². The molecule has 178 valence electrons. The van der Waals surface area contributed by atoms with Crippen molar-refractivity contribution in [2.75, 3.05) is 25.0 Å². The maximum atomic E-state index is 12.9. The van der Waals surface area contributed by atoms with Crippen LogP contribution < -0.4 is 11.1 Å². The maximum absolute atomic E-state index is 12.9. The molecule has 34 heavy (non-hydrogen) atoms. The second-order valence-electron chi connectivity index (χ2n) is 8.25. The SMILES string of the molecule is CCN=CC(=CN)Nc1nc(S[C@@H]2CCCN(C(=O)/C(C#N)=C/C3CC3)C2)c2c(Cl)c[nH]c2n1. The fourth-order valence-corrected chi connectivity index (χ4v) is 5.35. The molecule has 0 spiro atoms. The molecular weight excluding hydrogens is 472 g/mol. The number of piperidine rings is 1. The zero-order chi connectivity index (χ0) is 24.1. The molecule has 11 heteroatoms. The van der Waals surface area contributed by atoms with E-state index in [1.54, 1.807) is 29.1 Å². The molecule has 1 aliphatic heterocycles. The van der Waals surface area contributed by atoms with E-state index in [1.807, 2.05) is 13.0 Å². The van der Waals surface area contributed by atoms with Gasteiger partial charge in [-0.25, -0.2) is 4.98 Å². The molecule has 1 atom stereocenters. The Bertz CT molecular complexity index is 1190. The Morgan fingerprint density at radius 2 is 2.29 bits per heavy atom. The van der Waals surface area contributed by atoms with Crippen molar-refractivity contribution < 1.29 is 4.79 Å². The lowest BCUT2D eigenvalue weighted by Crippen LogP contribution is -2.41. The van der Waals surface area contributed by atoms with Crippen molar-refractivity contribution in [2.24, 2.45) is 16.6 Å². The van der Waals surface area contributed by atoms with Gasteiger partial charge in [0.2, 0.25) is 5.95 Å². The number of H-pyrrole nitrogens is 1. The molecule has 3 heterocycles. The van der Waals surface area contributed by atoms with Crippen LogP contribution in [0.2, 0.25) is 5.02 Å². The minimum absolute atomic E-state index is 0.113. The van der Waals surface area contributed by atoms with Crippen molar-refractivity contribution in [3.63, 3.8) is 0 Å². The number of hydrogen-bond donors (Lipinski definition) is 3. The van der Waals surface area contributed by atoms with Crippen LogP contribution in [0.3, 0.4) is 0 Å². The highest BCUT2D eigenvalue weighted by Crippen LogP contribution is 2.37. The second kappa shape index (κ2) is 10.9. The van der Waals surface area contributed by atoms with E-state index in [-0.39, 0.29) is 16.7 Å². The molecule has 0 unspecified atom stereocenters. The lowest BCUT2D eigenvalue weighted by atomic mass is 10.1. The van der Waals surface area contributed by atoms with E-state index in [4.69, 9.17) is 22.3 Å². The number of amides is 1. The smallest absolute Gasteiger partial charge is 0.264 e. The number of nitriles is 1. The first-order valence-electron chi connectivity index (χ1n) is 11.3. The summed E-state index contributed by atoms with van der Waals surface area (Å²) in [5.74, 6) is 0.567. The van der Waals surface area contributed by atoms with E-state index in [0.717, 1.165) is 36.1 Å². The third-order valence-corrected chi connectivity index (χ3v) is 7.15. The van der Waals surface area contributed by atoms with Gasteiger partial charge in [-0.2, -0.15) is 10.2 Å². The Hall–Kier alpha value is -3.03. The standard InChI is InChI=1S/C23H27ClN8OS/c1-2-27-11-16(10-26)29-23-30-20-19(18(24)12-28-20)21(31-23)34-17-4-3-7-32(13-17)22(33)15(9-25)8-14-5-6-14/h8,10-12,14,17H,2-7,13,26H2,1H3,(H2,28,29,30,31)/b15-8+,16-10?,27-11?/t17-/m1/s1. The number of hydrogen-bond acceptors (Lipinski definition) is 8. The predicted molar refractivity (Wildman–Crippen MR) is 136 cm³/mol. The first-order valence-corrected chi connectivity index (χ1v) is 12.6. The van der Waals surface area contributed by atoms with Gasteiger partial charge in [0, 0.05) is 43.5 Å². The number of nitrogens with two attached hydrogens (primary N) is 1. The zero-order valence-corrected chi connectivity index (χ0v) is 20.5. The van der Waals surface area contributed by atoms with Gasteiger partial charge in [0.05, 0.1) is 16.1 Å². The molecule has 0 radical (unpaired) electrons. The Kier molecular flexibility index (Phi) is 7.75. The summed E-state index contributed by atoms with van der Waals surface area (Å²) in [6, 6.07) is 2.10. The number of halogens is 1. The first-order chi connectivity index (χ1) is 16.5. The van der Waals surface area contributed by atoms with Gasteiger partial charge in [-0.05, 0) is 38.5 Å². The molecule has 2 aromatic heterocycles. The average molecular weight is 499 g/mol. The van der Waals surface area contributed by atoms with Crippen molar-refractivity contribution in [1.82, 2.24) is 19.9 Å². The first kappa shape index (κ1) is 24.1. The van der Waals surface area contributed by atoms with Crippen molar-refractivity contribution >= 4 is 52.5 Å². The molecule has 1 saturated carbocycles. The Balaban J connectivity index is 1.54.